The molecule has 2 N–H and O–H groups in total. The molecule has 0 aliphatic carbocycles. The average molecular weight is 316 g/mol. The van der Waals surface area contributed by atoms with Crippen molar-refractivity contribution in [1.82, 2.24) is 5.32 Å². The molecule has 1 aromatic rings. The van der Waals surface area contributed by atoms with Crippen molar-refractivity contribution >= 4 is 17.6 Å². The first kappa shape index (κ1) is 17.2. The number of hydrogen-bond donors (Lipinski definition) is 2. The molecule has 1 atom stereocenters. The third-order valence-corrected chi connectivity index (χ3v) is 4.18. The van der Waals surface area contributed by atoms with Gasteiger partial charge in [-0.3, -0.25) is 9.59 Å². The predicted octanol–water partition coefficient (Wildman–Crippen LogP) is 3.01. The van der Waals surface area contributed by atoms with E-state index >= 15 is 0 Å². The van der Waals surface area contributed by atoms with Gasteiger partial charge in [0.25, 0.3) is 0 Å². The summed E-state index contributed by atoms with van der Waals surface area (Å²) in [6, 6.07) is 9.11. The lowest BCUT2D eigenvalue weighted by Crippen LogP contribution is -2.35. The van der Waals surface area contributed by atoms with E-state index in [0.717, 1.165) is 5.56 Å². The van der Waals surface area contributed by atoms with Gasteiger partial charge < -0.3 is 15.5 Å². The number of benzene rings is 1. The van der Waals surface area contributed by atoms with Crippen LogP contribution in [0, 0.1) is 10.8 Å². The van der Waals surface area contributed by atoms with Crippen LogP contribution in [0.25, 0.3) is 0 Å². The minimum atomic E-state index is -0.628. The Morgan fingerprint density at radius 3 is 2.52 bits per heavy atom. The van der Waals surface area contributed by atoms with Crippen LogP contribution in [-0.2, 0) is 14.3 Å². The summed E-state index contributed by atoms with van der Waals surface area (Å²) in [5.41, 5.74) is 0.771. The highest BCUT2D eigenvalue weighted by Crippen LogP contribution is 2.26. The molecule has 0 saturated carbocycles. The minimum absolute atomic E-state index is 0.120. The fourth-order valence-electron chi connectivity index (χ4n) is 2.48. The van der Waals surface area contributed by atoms with Gasteiger partial charge in [0.1, 0.15) is 6.61 Å². The second kappa shape index (κ2) is 7.40. The molecule has 0 aromatic heterocycles. The molecule has 23 heavy (non-hydrogen) atoms. The van der Waals surface area contributed by atoms with Crippen LogP contribution in [0.4, 0.5) is 0 Å². The molecule has 1 aliphatic rings. The monoisotopic (exact) mass is 316 g/mol. The summed E-state index contributed by atoms with van der Waals surface area (Å²) in [5, 5.41) is 10.8. The van der Waals surface area contributed by atoms with E-state index in [1.165, 1.54) is 0 Å². The molecule has 1 fully saturated rings. The fourth-order valence-corrected chi connectivity index (χ4v) is 2.48. The maximum absolute atomic E-state index is 12.3. The van der Waals surface area contributed by atoms with Crippen molar-refractivity contribution in [2.45, 2.75) is 45.6 Å². The number of ether oxygens (including phenoxy) is 1. The second-order valence-corrected chi connectivity index (χ2v) is 6.62. The molecule has 5 heteroatoms. The van der Waals surface area contributed by atoms with Crippen molar-refractivity contribution in [3.8, 4) is 0 Å². The van der Waals surface area contributed by atoms with E-state index < -0.39 is 5.41 Å². The van der Waals surface area contributed by atoms with Gasteiger partial charge in [-0.05, 0) is 38.7 Å². The van der Waals surface area contributed by atoms with E-state index in [0.29, 0.717) is 25.0 Å². The number of esters is 1. The van der Waals surface area contributed by atoms with Crippen LogP contribution < -0.4 is 5.32 Å². The van der Waals surface area contributed by atoms with E-state index in [1.807, 2.05) is 44.2 Å². The third-order valence-electron chi connectivity index (χ3n) is 4.18. The number of rotatable bonds is 1. The van der Waals surface area contributed by atoms with Crippen molar-refractivity contribution in [2.24, 2.45) is 5.41 Å². The molecular formula is C18H24N2O3. The van der Waals surface area contributed by atoms with Gasteiger partial charge in [-0.1, -0.05) is 30.3 Å². The molecule has 0 unspecified atom stereocenters. The molecule has 124 valence electrons. The Kier molecular flexibility index (Phi) is 5.53. The summed E-state index contributed by atoms with van der Waals surface area (Å²) in [4.78, 5) is 24.4. The predicted molar refractivity (Wildman–Crippen MR) is 88.3 cm³/mol. The molecule has 1 amide bonds. The highest BCUT2D eigenvalue weighted by atomic mass is 16.5. The summed E-state index contributed by atoms with van der Waals surface area (Å²) in [6.07, 6.45) is 1.79. The minimum Gasteiger partial charge on any atom is -0.463 e. The zero-order valence-corrected chi connectivity index (χ0v) is 13.7. The van der Waals surface area contributed by atoms with Gasteiger partial charge >= 0.3 is 5.97 Å². The van der Waals surface area contributed by atoms with Gasteiger partial charge in [-0.15, -0.1) is 0 Å². The Morgan fingerprint density at radius 1 is 1.13 bits per heavy atom. The standard InChI is InChI=1S/C18H24N2O3/c1-18(2)11-10-14(19)8-9-16(21)20-15(12-23-17(18)22)13-6-4-3-5-7-13/h3-7,15,19H,8-12H2,1-2H3,(H,20,21)/t15-/m0/s1. The smallest absolute Gasteiger partial charge is 0.311 e. The van der Waals surface area contributed by atoms with Crippen LogP contribution in [0.5, 0.6) is 0 Å². The highest BCUT2D eigenvalue weighted by Gasteiger charge is 2.31. The van der Waals surface area contributed by atoms with Crippen molar-refractivity contribution < 1.29 is 14.3 Å². The number of hydrogen-bond acceptors (Lipinski definition) is 4. The van der Waals surface area contributed by atoms with Crippen molar-refractivity contribution in [1.29, 1.82) is 5.41 Å². The van der Waals surface area contributed by atoms with E-state index in [9.17, 15) is 9.59 Å². The zero-order chi connectivity index (χ0) is 16.9. The lowest BCUT2D eigenvalue weighted by Gasteiger charge is -2.26. The lowest BCUT2D eigenvalue weighted by atomic mass is 9.86. The Balaban J connectivity index is 2.18. The molecular weight excluding hydrogens is 292 g/mol. The fraction of sp³-hybridized carbons (Fsp3) is 0.500. The Bertz CT molecular complexity index is 581. The summed E-state index contributed by atoms with van der Waals surface area (Å²) in [7, 11) is 0. The number of carbonyl (C=O) groups is 2. The molecule has 2 rings (SSSR count). The largest absolute Gasteiger partial charge is 0.463 e. The number of cyclic esters (lactones) is 1. The van der Waals surface area contributed by atoms with E-state index in [1.54, 1.807) is 0 Å². The molecule has 0 spiro atoms. The van der Waals surface area contributed by atoms with Crippen LogP contribution in [0.3, 0.4) is 0 Å². The van der Waals surface area contributed by atoms with Crippen LogP contribution >= 0.6 is 0 Å². The van der Waals surface area contributed by atoms with Crippen LogP contribution in [0.2, 0.25) is 0 Å². The maximum Gasteiger partial charge on any atom is 0.311 e. The Morgan fingerprint density at radius 2 is 1.83 bits per heavy atom. The van der Waals surface area contributed by atoms with E-state index in [4.69, 9.17) is 10.1 Å². The van der Waals surface area contributed by atoms with Crippen LogP contribution in [0.1, 0.15) is 51.1 Å². The Hall–Kier alpha value is -2.17. The molecule has 1 heterocycles. The first-order valence-electron chi connectivity index (χ1n) is 7.96. The summed E-state index contributed by atoms with van der Waals surface area (Å²) in [5.74, 6) is -0.416. The van der Waals surface area contributed by atoms with Crippen molar-refractivity contribution in [2.75, 3.05) is 6.61 Å². The van der Waals surface area contributed by atoms with Gasteiger partial charge in [-0.2, -0.15) is 0 Å². The molecule has 1 saturated heterocycles. The van der Waals surface area contributed by atoms with Gasteiger partial charge in [0.05, 0.1) is 11.5 Å². The van der Waals surface area contributed by atoms with Gasteiger partial charge in [0.15, 0.2) is 0 Å². The average Bonchev–Trinajstić information content (AvgIpc) is 2.54. The quantitative estimate of drug-likeness (QED) is 0.782. The number of amides is 1. The summed E-state index contributed by atoms with van der Waals surface area (Å²) in [6.45, 7) is 3.80. The number of nitrogens with one attached hydrogen (secondary N) is 2. The first-order chi connectivity index (χ1) is 10.9. The maximum atomic E-state index is 12.3. The molecule has 1 aromatic carbocycles. The van der Waals surface area contributed by atoms with Gasteiger partial charge in [0, 0.05) is 12.1 Å². The third kappa shape index (κ3) is 4.91. The van der Waals surface area contributed by atoms with Crippen LogP contribution in [-0.4, -0.2) is 24.2 Å². The second-order valence-electron chi connectivity index (χ2n) is 6.62. The zero-order valence-electron chi connectivity index (χ0n) is 13.7. The SMILES string of the molecule is CC1(C)CCC(=N)CCC(=O)N[C@H](c2ccccc2)COC1=O. The molecule has 0 radical (unpaired) electrons. The normalized spacial score (nSPS) is 23.2. The van der Waals surface area contributed by atoms with Gasteiger partial charge in [-0.25, -0.2) is 0 Å². The highest BCUT2D eigenvalue weighted by molar-refractivity contribution is 5.87. The van der Waals surface area contributed by atoms with E-state index in [-0.39, 0.29) is 30.9 Å². The van der Waals surface area contributed by atoms with Crippen LogP contribution in [0.15, 0.2) is 30.3 Å². The number of carbonyl (C=O) groups excluding carboxylic acids is 2. The van der Waals surface area contributed by atoms with Crippen molar-refractivity contribution in [3.05, 3.63) is 35.9 Å². The lowest BCUT2D eigenvalue weighted by molar-refractivity contribution is -0.155. The molecule has 1 aliphatic heterocycles. The molecule has 0 bridgehead atoms. The first-order valence-corrected chi connectivity index (χ1v) is 7.96. The topological polar surface area (TPSA) is 79.2 Å². The van der Waals surface area contributed by atoms with Crippen molar-refractivity contribution in [3.63, 3.8) is 0 Å². The summed E-state index contributed by atoms with van der Waals surface area (Å²) >= 11 is 0. The van der Waals surface area contributed by atoms with Gasteiger partial charge in [0.2, 0.25) is 5.91 Å². The Labute approximate surface area is 136 Å². The van der Waals surface area contributed by atoms with E-state index in [2.05, 4.69) is 5.32 Å². The summed E-state index contributed by atoms with van der Waals surface area (Å²) < 4.78 is 5.46. The molecule has 5 nitrogen and oxygen atoms in total.